The molecule has 0 spiro atoms. The van der Waals surface area contributed by atoms with E-state index in [0.717, 1.165) is 28.2 Å². The predicted octanol–water partition coefficient (Wildman–Crippen LogP) is 3.14. The molecule has 9 heteroatoms. The molecule has 9 nitrogen and oxygen atoms in total. The molecule has 34 heavy (non-hydrogen) atoms. The molecule has 0 fully saturated rings. The Labute approximate surface area is 198 Å². The maximum absolute atomic E-state index is 13.4. The molecule has 2 heterocycles. The van der Waals surface area contributed by atoms with Crippen molar-refractivity contribution in [3.63, 3.8) is 0 Å². The topological polar surface area (TPSA) is 94.3 Å². The summed E-state index contributed by atoms with van der Waals surface area (Å²) >= 11 is 0. The van der Waals surface area contributed by atoms with Gasteiger partial charge in [0.15, 0.2) is 0 Å². The number of carbonyl (C=O) groups is 2. The lowest BCUT2D eigenvalue weighted by Gasteiger charge is -2.18. The fourth-order valence-electron chi connectivity index (χ4n) is 4.09. The fourth-order valence-corrected chi connectivity index (χ4v) is 4.09. The molecule has 0 saturated carbocycles. The molecule has 0 unspecified atom stereocenters. The molecule has 0 bridgehead atoms. The Bertz CT molecular complexity index is 1360. The van der Waals surface area contributed by atoms with Gasteiger partial charge in [-0.15, -0.1) is 0 Å². The predicted molar refractivity (Wildman–Crippen MR) is 130 cm³/mol. The number of nitrogens with one attached hydrogen (secondary N) is 1. The van der Waals surface area contributed by atoms with Crippen molar-refractivity contribution in [3.8, 4) is 11.4 Å². The maximum atomic E-state index is 13.4. The van der Waals surface area contributed by atoms with Gasteiger partial charge in [0, 0.05) is 57.7 Å². The van der Waals surface area contributed by atoms with Crippen molar-refractivity contribution in [2.45, 2.75) is 13.5 Å². The minimum atomic E-state index is -0.310. The second-order valence-corrected chi connectivity index (χ2v) is 8.31. The molecular weight excluding hydrogens is 432 g/mol. The van der Waals surface area contributed by atoms with Crippen molar-refractivity contribution < 1.29 is 14.3 Å². The molecule has 0 aliphatic heterocycles. The fraction of sp³-hybridized carbons (Fsp3) is 0.280. The first-order chi connectivity index (χ1) is 16.3. The van der Waals surface area contributed by atoms with Crippen LogP contribution in [-0.2, 0) is 30.2 Å². The van der Waals surface area contributed by atoms with Crippen LogP contribution in [0.3, 0.4) is 0 Å². The number of rotatable bonds is 7. The van der Waals surface area contributed by atoms with Crippen LogP contribution in [0.4, 0.5) is 5.69 Å². The Morgan fingerprint density at radius 2 is 1.88 bits per heavy atom. The number of benzene rings is 2. The summed E-state index contributed by atoms with van der Waals surface area (Å²) in [6.07, 6.45) is 1.91. The molecule has 0 saturated heterocycles. The molecule has 2 aromatic carbocycles. The van der Waals surface area contributed by atoms with Crippen LogP contribution in [0.15, 0.2) is 48.7 Å². The highest BCUT2D eigenvalue weighted by Gasteiger charge is 2.21. The number of nitrogens with zero attached hydrogens (tertiary/aromatic N) is 5. The quantitative estimate of drug-likeness (QED) is 0.457. The summed E-state index contributed by atoms with van der Waals surface area (Å²) in [4.78, 5) is 32.2. The highest BCUT2D eigenvalue weighted by atomic mass is 16.5. The first kappa shape index (κ1) is 23.2. The normalized spacial score (nSPS) is 11.1. The number of aryl methyl sites for hydroxylation is 3. The van der Waals surface area contributed by atoms with Crippen LogP contribution in [0.25, 0.3) is 22.4 Å². The summed E-state index contributed by atoms with van der Waals surface area (Å²) in [5.41, 5.74) is 5.07. The number of amides is 2. The second kappa shape index (κ2) is 9.48. The summed E-state index contributed by atoms with van der Waals surface area (Å²) in [5.74, 6) is 0.247. The number of fused-ring (bicyclic) bond motifs is 1. The van der Waals surface area contributed by atoms with Crippen LogP contribution in [0.2, 0.25) is 0 Å². The molecule has 0 atom stereocenters. The van der Waals surface area contributed by atoms with Gasteiger partial charge in [-0.2, -0.15) is 5.10 Å². The van der Waals surface area contributed by atoms with E-state index < -0.39 is 0 Å². The number of hydrogen-bond acceptors (Lipinski definition) is 5. The molecule has 0 aliphatic carbocycles. The Morgan fingerprint density at radius 3 is 2.53 bits per heavy atom. The zero-order valence-corrected chi connectivity index (χ0v) is 20.0. The first-order valence-electron chi connectivity index (χ1n) is 10.9. The standard InChI is InChI=1S/C25H28N6O3/c1-16-19(14-30(3)28-16)13-29(2)25(33)18-11-20(26-22(32)15-34-5)23-21(12-18)27-24(31(23)4)17-9-7-6-8-10-17/h6-12,14H,13,15H2,1-5H3,(H,26,32). The summed E-state index contributed by atoms with van der Waals surface area (Å²) in [6, 6.07) is 13.2. The van der Waals surface area contributed by atoms with Crippen LogP contribution in [0.1, 0.15) is 21.6 Å². The highest BCUT2D eigenvalue weighted by Crippen LogP contribution is 2.31. The van der Waals surface area contributed by atoms with Gasteiger partial charge in [-0.1, -0.05) is 30.3 Å². The van der Waals surface area contributed by atoms with Crippen molar-refractivity contribution in [1.29, 1.82) is 0 Å². The summed E-state index contributed by atoms with van der Waals surface area (Å²) in [7, 11) is 6.95. The Balaban J connectivity index is 1.76. The lowest BCUT2D eigenvalue weighted by molar-refractivity contribution is -0.119. The van der Waals surface area contributed by atoms with E-state index in [4.69, 9.17) is 9.72 Å². The SMILES string of the molecule is COCC(=O)Nc1cc(C(=O)N(C)Cc2cn(C)nc2C)cc2nc(-c3ccccc3)n(C)c12. The van der Waals surface area contributed by atoms with Gasteiger partial charge < -0.3 is 19.5 Å². The van der Waals surface area contributed by atoms with Crippen LogP contribution < -0.4 is 5.32 Å². The summed E-state index contributed by atoms with van der Waals surface area (Å²) < 4.78 is 8.62. The van der Waals surface area contributed by atoms with Gasteiger partial charge in [-0.25, -0.2) is 4.98 Å². The zero-order chi connectivity index (χ0) is 24.4. The Morgan fingerprint density at radius 1 is 1.15 bits per heavy atom. The van der Waals surface area contributed by atoms with E-state index in [2.05, 4.69) is 10.4 Å². The lowest BCUT2D eigenvalue weighted by atomic mass is 10.1. The maximum Gasteiger partial charge on any atom is 0.254 e. The van der Waals surface area contributed by atoms with Gasteiger partial charge in [0.25, 0.3) is 5.91 Å². The average molecular weight is 461 g/mol. The van der Waals surface area contributed by atoms with Crippen molar-refractivity contribution in [2.24, 2.45) is 14.1 Å². The Hall–Kier alpha value is -3.98. The molecule has 4 aromatic rings. The van der Waals surface area contributed by atoms with E-state index in [1.165, 1.54) is 7.11 Å². The number of imidazole rings is 1. The monoisotopic (exact) mass is 460 g/mol. The van der Waals surface area contributed by atoms with Crippen molar-refractivity contribution in [2.75, 3.05) is 26.1 Å². The minimum absolute atomic E-state index is 0.0940. The van der Waals surface area contributed by atoms with E-state index in [-0.39, 0.29) is 18.4 Å². The highest BCUT2D eigenvalue weighted by molar-refractivity contribution is 6.06. The van der Waals surface area contributed by atoms with E-state index in [1.807, 2.05) is 62.1 Å². The number of anilines is 1. The van der Waals surface area contributed by atoms with Gasteiger partial charge >= 0.3 is 0 Å². The van der Waals surface area contributed by atoms with Crippen LogP contribution >= 0.6 is 0 Å². The smallest absolute Gasteiger partial charge is 0.254 e. The number of aromatic nitrogens is 4. The second-order valence-electron chi connectivity index (χ2n) is 8.31. The van der Waals surface area contributed by atoms with Crippen molar-refractivity contribution >= 4 is 28.5 Å². The van der Waals surface area contributed by atoms with Gasteiger partial charge in [-0.05, 0) is 19.1 Å². The third kappa shape index (κ3) is 4.55. The first-order valence-corrected chi connectivity index (χ1v) is 10.9. The molecule has 2 amide bonds. The number of methoxy groups -OCH3 is 1. The van der Waals surface area contributed by atoms with Gasteiger partial charge in [0.1, 0.15) is 12.4 Å². The largest absolute Gasteiger partial charge is 0.375 e. The third-order valence-corrected chi connectivity index (χ3v) is 5.67. The molecule has 176 valence electrons. The van der Waals surface area contributed by atoms with E-state index in [0.29, 0.717) is 23.3 Å². The van der Waals surface area contributed by atoms with Crippen LogP contribution in [0.5, 0.6) is 0 Å². The zero-order valence-electron chi connectivity index (χ0n) is 20.0. The number of carbonyl (C=O) groups excluding carboxylic acids is 2. The summed E-state index contributed by atoms with van der Waals surface area (Å²) in [6.45, 7) is 2.24. The van der Waals surface area contributed by atoms with E-state index >= 15 is 0 Å². The van der Waals surface area contributed by atoms with Crippen molar-refractivity contribution in [3.05, 3.63) is 65.5 Å². The van der Waals surface area contributed by atoms with Gasteiger partial charge in [-0.3, -0.25) is 14.3 Å². The number of hydrogen-bond donors (Lipinski definition) is 1. The molecule has 4 rings (SSSR count). The van der Waals surface area contributed by atoms with Gasteiger partial charge in [0.05, 0.1) is 22.4 Å². The molecular formula is C25H28N6O3. The molecule has 0 aliphatic rings. The van der Waals surface area contributed by atoms with E-state index in [1.54, 1.807) is 28.8 Å². The number of ether oxygens (including phenoxy) is 1. The molecule has 2 aromatic heterocycles. The van der Waals surface area contributed by atoms with Crippen LogP contribution in [0, 0.1) is 6.92 Å². The molecule has 0 radical (unpaired) electrons. The van der Waals surface area contributed by atoms with Gasteiger partial charge in [0.2, 0.25) is 5.91 Å². The molecule has 1 N–H and O–H groups in total. The average Bonchev–Trinajstić information content (AvgIpc) is 3.31. The third-order valence-electron chi connectivity index (χ3n) is 5.67. The lowest BCUT2D eigenvalue weighted by Crippen LogP contribution is -2.26. The van der Waals surface area contributed by atoms with E-state index in [9.17, 15) is 9.59 Å². The minimum Gasteiger partial charge on any atom is -0.375 e. The van der Waals surface area contributed by atoms with Crippen molar-refractivity contribution in [1.82, 2.24) is 24.2 Å². The Kier molecular flexibility index (Phi) is 6.47. The van der Waals surface area contributed by atoms with Crippen LogP contribution in [-0.4, -0.2) is 56.8 Å². The summed E-state index contributed by atoms with van der Waals surface area (Å²) in [5, 5.41) is 7.23.